The normalized spacial score (nSPS) is 15.7. The second kappa shape index (κ2) is 5.26. The van der Waals surface area contributed by atoms with Gasteiger partial charge in [-0.3, -0.25) is 4.79 Å². The molecule has 3 heterocycles. The van der Waals surface area contributed by atoms with E-state index in [1.165, 1.54) is 6.42 Å². The van der Waals surface area contributed by atoms with E-state index in [0.29, 0.717) is 5.95 Å². The van der Waals surface area contributed by atoms with E-state index < -0.39 is 0 Å². The largest absolute Gasteiger partial charge is 0.344 e. The molecule has 0 spiro atoms. The van der Waals surface area contributed by atoms with Gasteiger partial charge in [0.2, 0.25) is 11.9 Å². The Kier molecular flexibility index (Phi) is 3.31. The highest BCUT2D eigenvalue weighted by atomic mass is 16.2. The molecule has 1 fully saturated rings. The van der Waals surface area contributed by atoms with E-state index in [0.717, 1.165) is 31.6 Å². The summed E-state index contributed by atoms with van der Waals surface area (Å²) in [6, 6.07) is 5.68. The average Bonchev–Trinajstić information content (AvgIpc) is 2.88. The fourth-order valence-electron chi connectivity index (χ4n) is 2.32. The number of likely N-dealkylation sites (tertiary alicyclic amines) is 1. The quantitative estimate of drug-likeness (QED) is 0.898. The Morgan fingerprint density at radius 1 is 1.26 bits per heavy atom. The summed E-state index contributed by atoms with van der Waals surface area (Å²) in [7, 11) is 0. The van der Waals surface area contributed by atoms with Crippen LogP contribution in [0.3, 0.4) is 0 Å². The van der Waals surface area contributed by atoms with Crippen LogP contribution >= 0.6 is 0 Å². The minimum absolute atomic E-state index is 0.124. The van der Waals surface area contributed by atoms with Gasteiger partial charge in [-0.1, -0.05) is 6.07 Å². The molecule has 1 saturated heterocycles. The Morgan fingerprint density at radius 2 is 2.11 bits per heavy atom. The number of carbonyl (C=O) groups is 1. The van der Waals surface area contributed by atoms with Gasteiger partial charge < -0.3 is 10.2 Å². The van der Waals surface area contributed by atoms with Crippen molar-refractivity contribution in [3.8, 4) is 0 Å². The topological polar surface area (TPSA) is 62.5 Å². The molecule has 0 aliphatic carbocycles. The predicted octanol–water partition coefficient (Wildman–Crippen LogP) is 1.15. The zero-order valence-electron chi connectivity index (χ0n) is 10.7. The fraction of sp³-hybridized carbons (Fsp3) is 0.462. The van der Waals surface area contributed by atoms with Crippen LogP contribution in [0.15, 0.2) is 24.4 Å². The first-order chi connectivity index (χ1) is 9.33. The van der Waals surface area contributed by atoms with Crippen molar-refractivity contribution < 1.29 is 4.79 Å². The Hall–Kier alpha value is -2.11. The van der Waals surface area contributed by atoms with Crippen molar-refractivity contribution in [1.82, 2.24) is 19.5 Å². The number of nitrogens with one attached hydrogen (secondary N) is 1. The van der Waals surface area contributed by atoms with Gasteiger partial charge >= 0.3 is 0 Å². The molecule has 2 aromatic rings. The van der Waals surface area contributed by atoms with Gasteiger partial charge in [0.1, 0.15) is 0 Å². The minimum atomic E-state index is 0.124. The van der Waals surface area contributed by atoms with Crippen molar-refractivity contribution in [2.45, 2.75) is 19.3 Å². The van der Waals surface area contributed by atoms with Crippen LogP contribution in [0.4, 0.5) is 5.95 Å². The molecule has 6 nitrogen and oxygen atoms in total. The average molecular weight is 259 g/mol. The molecule has 0 atom stereocenters. The lowest BCUT2D eigenvalue weighted by molar-refractivity contribution is -0.130. The van der Waals surface area contributed by atoms with Gasteiger partial charge in [0.15, 0.2) is 5.65 Å². The van der Waals surface area contributed by atoms with Gasteiger partial charge in [0.05, 0.1) is 6.54 Å². The number of piperidine rings is 1. The number of aromatic nitrogens is 3. The van der Waals surface area contributed by atoms with Crippen molar-refractivity contribution in [1.29, 1.82) is 0 Å². The Morgan fingerprint density at radius 3 is 2.89 bits per heavy atom. The van der Waals surface area contributed by atoms with Gasteiger partial charge in [0.25, 0.3) is 0 Å². The van der Waals surface area contributed by atoms with Crippen molar-refractivity contribution in [3.05, 3.63) is 24.4 Å². The first-order valence-electron chi connectivity index (χ1n) is 6.66. The summed E-state index contributed by atoms with van der Waals surface area (Å²) in [5.41, 5.74) is 0.774. The molecule has 0 bridgehead atoms. The van der Waals surface area contributed by atoms with Gasteiger partial charge in [-0.15, -0.1) is 5.10 Å². The van der Waals surface area contributed by atoms with E-state index in [1.54, 1.807) is 4.52 Å². The molecule has 0 aromatic carbocycles. The Bertz CT molecular complexity index is 540. The predicted molar refractivity (Wildman–Crippen MR) is 71.9 cm³/mol. The molecular weight excluding hydrogens is 242 g/mol. The van der Waals surface area contributed by atoms with Crippen molar-refractivity contribution in [3.63, 3.8) is 0 Å². The van der Waals surface area contributed by atoms with Crippen molar-refractivity contribution >= 4 is 17.5 Å². The molecule has 0 radical (unpaired) electrons. The summed E-state index contributed by atoms with van der Waals surface area (Å²) >= 11 is 0. The maximum Gasteiger partial charge on any atom is 0.243 e. The van der Waals surface area contributed by atoms with E-state index in [1.807, 2.05) is 29.3 Å². The van der Waals surface area contributed by atoms with Gasteiger partial charge in [-0.25, -0.2) is 4.52 Å². The molecule has 6 heteroatoms. The van der Waals surface area contributed by atoms with Crippen LogP contribution in [-0.4, -0.2) is 45.0 Å². The second-order valence-electron chi connectivity index (χ2n) is 4.73. The first kappa shape index (κ1) is 12.0. The molecule has 100 valence electrons. The number of hydrogen-bond acceptors (Lipinski definition) is 4. The van der Waals surface area contributed by atoms with Crippen LogP contribution in [0.25, 0.3) is 5.65 Å². The maximum atomic E-state index is 12.0. The number of carbonyl (C=O) groups excluding carboxylic acids is 1. The van der Waals surface area contributed by atoms with Gasteiger partial charge in [-0.05, 0) is 31.4 Å². The molecule has 0 saturated carbocycles. The number of nitrogens with zero attached hydrogens (tertiary/aromatic N) is 4. The molecule has 19 heavy (non-hydrogen) atoms. The third kappa shape index (κ3) is 2.67. The molecule has 3 rings (SSSR count). The molecule has 1 amide bonds. The maximum absolute atomic E-state index is 12.0. The molecule has 1 aliphatic rings. The minimum Gasteiger partial charge on any atom is -0.344 e. The van der Waals surface area contributed by atoms with Crippen molar-refractivity contribution in [2.75, 3.05) is 25.0 Å². The molecule has 1 N–H and O–H groups in total. The summed E-state index contributed by atoms with van der Waals surface area (Å²) in [5.74, 6) is 0.620. The lowest BCUT2D eigenvalue weighted by Crippen LogP contribution is -2.39. The SMILES string of the molecule is O=C(CNc1nc2ccccn2n1)N1CCCCC1. The fourth-order valence-corrected chi connectivity index (χ4v) is 2.32. The number of rotatable bonds is 3. The van der Waals surface area contributed by atoms with Crippen LogP contribution in [0.1, 0.15) is 19.3 Å². The first-order valence-corrected chi connectivity index (χ1v) is 6.66. The molecule has 2 aromatic heterocycles. The number of pyridine rings is 1. The lowest BCUT2D eigenvalue weighted by Gasteiger charge is -2.26. The van der Waals surface area contributed by atoms with E-state index >= 15 is 0 Å². The summed E-state index contributed by atoms with van der Waals surface area (Å²) in [6.45, 7) is 2.01. The monoisotopic (exact) mass is 259 g/mol. The summed E-state index contributed by atoms with van der Waals surface area (Å²) < 4.78 is 1.69. The zero-order valence-corrected chi connectivity index (χ0v) is 10.7. The Labute approximate surface area is 111 Å². The smallest absolute Gasteiger partial charge is 0.243 e. The highest BCUT2D eigenvalue weighted by molar-refractivity contribution is 5.80. The Balaban J connectivity index is 1.60. The molecule has 1 aliphatic heterocycles. The van der Waals surface area contributed by atoms with Crippen LogP contribution < -0.4 is 5.32 Å². The van der Waals surface area contributed by atoms with Gasteiger partial charge in [-0.2, -0.15) is 4.98 Å². The van der Waals surface area contributed by atoms with E-state index in [9.17, 15) is 4.79 Å². The number of anilines is 1. The van der Waals surface area contributed by atoms with Crippen molar-refractivity contribution in [2.24, 2.45) is 0 Å². The van der Waals surface area contributed by atoms with E-state index in [-0.39, 0.29) is 12.5 Å². The summed E-state index contributed by atoms with van der Waals surface area (Å²) in [6.07, 6.45) is 5.28. The lowest BCUT2D eigenvalue weighted by atomic mass is 10.1. The highest BCUT2D eigenvalue weighted by Crippen LogP contribution is 2.09. The van der Waals surface area contributed by atoms with Crippen LogP contribution in [0.2, 0.25) is 0 Å². The number of amides is 1. The summed E-state index contributed by atoms with van der Waals surface area (Å²) in [4.78, 5) is 18.2. The third-order valence-corrected chi connectivity index (χ3v) is 3.35. The second-order valence-corrected chi connectivity index (χ2v) is 4.73. The summed E-state index contributed by atoms with van der Waals surface area (Å²) in [5, 5.41) is 7.25. The van der Waals surface area contributed by atoms with Gasteiger partial charge in [0, 0.05) is 19.3 Å². The highest BCUT2D eigenvalue weighted by Gasteiger charge is 2.16. The standard InChI is InChI=1S/C13H17N5O/c19-12(17-7-3-1-4-8-17)10-14-13-15-11-6-2-5-9-18(11)16-13/h2,5-6,9H,1,3-4,7-8,10H2,(H,14,16). The molecule has 0 unspecified atom stereocenters. The van der Waals surface area contributed by atoms with Crippen LogP contribution in [-0.2, 0) is 4.79 Å². The number of fused-ring (bicyclic) bond motifs is 1. The van der Waals surface area contributed by atoms with Crippen LogP contribution in [0.5, 0.6) is 0 Å². The number of hydrogen-bond donors (Lipinski definition) is 1. The van der Waals surface area contributed by atoms with E-state index in [2.05, 4.69) is 15.4 Å². The van der Waals surface area contributed by atoms with Crippen LogP contribution in [0, 0.1) is 0 Å². The zero-order chi connectivity index (χ0) is 13.1. The molecular formula is C13H17N5O. The van der Waals surface area contributed by atoms with E-state index in [4.69, 9.17) is 0 Å². The third-order valence-electron chi connectivity index (χ3n) is 3.35.